The summed E-state index contributed by atoms with van der Waals surface area (Å²) in [5.74, 6) is 1.15. The van der Waals surface area contributed by atoms with Crippen molar-refractivity contribution in [2.75, 3.05) is 20.3 Å². The number of fused-ring (bicyclic) bond motifs is 2. The molecule has 3 aromatic rings. The normalized spacial score (nSPS) is 13.0. The molecule has 0 aliphatic carbocycles. The van der Waals surface area contributed by atoms with Crippen LogP contribution in [0.4, 0.5) is 0 Å². The molecule has 0 saturated heterocycles. The zero-order valence-electron chi connectivity index (χ0n) is 14.2. The number of carbonyl (C=O) groups is 1. The van der Waals surface area contributed by atoms with Gasteiger partial charge >= 0.3 is 0 Å². The molecule has 4 rings (SSSR count). The quantitative estimate of drug-likeness (QED) is 0.679. The van der Waals surface area contributed by atoms with Crippen LogP contribution in [-0.2, 0) is 17.8 Å². The Kier molecular flexibility index (Phi) is 4.70. The van der Waals surface area contributed by atoms with E-state index in [1.165, 1.54) is 0 Å². The van der Waals surface area contributed by atoms with Crippen molar-refractivity contribution in [2.45, 2.75) is 13.0 Å². The number of para-hydroxylation sites is 1. The van der Waals surface area contributed by atoms with Crippen molar-refractivity contribution < 1.29 is 14.3 Å². The lowest BCUT2D eigenvalue weighted by Gasteiger charge is -2.21. The van der Waals surface area contributed by atoms with Crippen LogP contribution in [0.3, 0.4) is 0 Å². The van der Waals surface area contributed by atoms with E-state index in [0.717, 1.165) is 20.8 Å². The maximum absolute atomic E-state index is 12.6. The molecular weight excluding hydrogens is 372 g/mol. The Hall–Kier alpha value is -2.31. The SMILES string of the molecule is CN(Cc1nc2ccccc2s1)C(=O)Cc1cc(Cl)c2c(c1)OCCO2. The van der Waals surface area contributed by atoms with Gasteiger partial charge in [-0.25, -0.2) is 4.98 Å². The van der Waals surface area contributed by atoms with E-state index in [1.807, 2.05) is 30.3 Å². The van der Waals surface area contributed by atoms with Gasteiger partial charge in [-0.15, -0.1) is 11.3 Å². The molecule has 0 bridgehead atoms. The summed E-state index contributed by atoms with van der Waals surface area (Å²) in [6, 6.07) is 11.6. The maximum Gasteiger partial charge on any atom is 0.227 e. The Morgan fingerprint density at radius 1 is 1.27 bits per heavy atom. The highest BCUT2D eigenvalue weighted by Gasteiger charge is 2.19. The van der Waals surface area contributed by atoms with Gasteiger partial charge in [0.2, 0.25) is 5.91 Å². The van der Waals surface area contributed by atoms with Gasteiger partial charge in [-0.05, 0) is 29.8 Å². The Labute approximate surface area is 160 Å². The van der Waals surface area contributed by atoms with Crippen LogP contribution >= 0.6 is 22.9 Å². The highest BCUT2D eigenvalue weighted by molar-refractivity contribution is 7.18. The van der Waals surface area contributed by atoms with Gasteiger partial charge in [-0.1, -0.05) is 23.7 Å². The van der Waals surface area contributed by atoms with Crippen molar-refractivity contribution in [2.24, 2.45) is 0 Å². The van der Waals surface area contributed by atoms with Gasteiger partial charge in [0.15, 0.2) is 11.5 Å². The summed E-state index contributed by atoms with van der Waals surface area (Å²) in [4.78, 5) is 18.9. The monoisotopic (exact) mass is 388 g/mol. The zero-order chi connectivity index (χ0) is 18.1. The molecule has 0 N–H and O–H groups in total. The highest BCUT2D eigenvalue weighted by atomic mass is 35.5. The molecule has 5 nitrogen and oxygen atoms in total. The number of hydrogen-bond acceptors (Lipinski definition) is 5. The third-order valence-electron chi connectivity index (χ3n) is 4.15. The average molecular weight is 389 g/mol. The predicted molar refractivity (Wildman–Crippen MR) is 102 cm³/mol. The molecule has 0 atom stereocenters. The van der Waals surface area contributed by atoms with Crippen LogP contribution < -0.4 is 9.47 Å². The first-order valence-electron chi connectivity index (χ1n) is 8.26. The number of aromatic nitrogens is 1. The number of benzene rings is 2. The van der Waals surface area contributed by atoms with Crippen molar-refractivity contribution in [3.05, 3.63) is 52.0 Å². The number of thiazole rings is 1. The summed E-state index contributed by atoms with van der Waals surface area (Å²) < 4.78 is 12.2. The van der Waals surface area contributed by atoms with Crippen LogP contribution in [0.2, 0.25) is 5.02 Å². The number of rotatable bonds is 4. The minimum Gasteiger partial charge on any atom is -0.486 e. The topological polar surface area (TPSA) is 51.7 Å². The second-order valence-electron chi connectivity index (χ2n) is 6.10. The first kappa shape index (κ1) is 17.1. The molecule has 26 heavy (non-hydrogen) atoms. The predicted octanol–water partition coefficient (Wildman–Crippen LogP) is 3.92. The minimum atomic E-state index is -0.00278. The van der Waals surface area contributed by atoms with E-state index in [9.17, 15) is 4.79 Å². The lowest BCUT2D eigenvalue weighted by Crippen LogP contribution is -2.27. The average Bonchev–Trinajstić information content (AvgIpc) is 3.04. The fourth-order valence-corrected chi connectivity index (χ4v) is 4.16. The Balaban J connectivity index is 1.46. The molecule has 1 aliphatic rings. The number of halogens is 1. The molecule has 0 radical (unpaired) electrons. The second kappa shape index (κ2) is 7.13. The van der Waals surface area contributed by atoms with Gasteiger partial charge in [-0.2, -0.15) is 0 Å². The summed E-state index contributed by atoms with van der Waals surface area (Å²) in [6.45, 7) is 1.45. The molecule has 1 aliphatic heterocycles. The summed E-state index contributed by atoms with van der Waals surface area (Å²) >= 11 is 7.85. The van der Waals surface area contributed by atoms with E-state index in [-0.39, 0.29) is 12.3 Å². The standard InChI is InChI=1S/C19H17ClN2O3S/c1-22(11-17-21-14-4-2-3-5-16(14)26-17)18(23)10-12-8-13(20)19-15(9-12)24-6-7-25-19/h2-5,8-9H,6-7,10-11H2,1H3. The van der Waals surface area contributed by atoms with Crippen LogP contribution in [-0.4, -0.2) is 36.1 Å². The van der Waals surface area contributed by atoms with Gasteiger partial charge in [0, 0.05) is 7.05 Å². The number of amides is 1. The number of likely N-dealkylation sites (N-methyl/N-ethyl adjacent to an activating group) is 1. The summed E-state index contributed by atoms with van der Waals surface area (Å²) in [5, 5.41) is 1.39. The van der Waals surface area contributed by atoms with E-state index in [0.29, 0.717) is 36.3 Å². The van der Waals surface area contributed by atoms with E-state index in [4.69, 9.17) is 21.1 Å². The van der Waals surface area contributed by atoms with Crippen LogP contribution in [0.1, 0.15) is 10.6 Å². The molecule has 1 aromatic heterocycles. The minimum absolute atomic E-state index is 0.00278. The van der Waals surface area contributed by atoms with E-state index >= 15 is 0 Å². The van der Waals surface area contributed by atoms with E-state index in [1.54, 1.807) is 29.4 Å². The van der Waals surface area contributed by atoms with E-state index in [2.05, 4.69) is 4.98 Å². The molecular formula is C19H17ClN2O3S. The Bertz CT molecular complexity index is 940. The zero-order valence-corrected chi connectivity index (χ0v) is 15.8. The molecule has 0 fully saturated rings. The largest absolute Gasteiger partial charge is 0.486 e. The number of carbonyl (C=O) groups excluding carboxylic acids is 1. The smallest absolute Gasteiger partial charge is 0.227 e. The van der Waals surface area contributed by atoms with E-state index < -0.39 is 0 Å². The fraction of sp³-hybridized carbons (Fsp3) is 0.263. The maximum atomic E-state index is 12.6. The number of ether oxygens (including phenoxy) is 2. The highest BCUT2D eigenvalue weighted by Crippen LogP contribution is 2.38. The van der Waals surface area contributed by atoms with Gasteiger partial charge in [0.25, 0.3) is 0 Å². The number of hydrogen-bond donors (Lipinski definition) is 0. The molecule has 1 amide bonds. The molecule has 2 heterocycles. The molecule has 134 valence electrons. The van der Waals surface area contributed by atoms with Gasteiger partial charge < -0.3 is 14.4 Å². The molecule has 2 aromatic carbocycles. The first-order valence-corrected chi connectivity index (χ1v) is 9.46. The summed E-state index contributed by atoms with van der Waals surface area (Å²) in [6.07, 6.45) is 0.248. The molecule has 7 heteroatoms. The van der Waals surface area contributed by atoms with Crippen molar-refractivity contribution in [1.29, 1.82) is 0 Å². The van der Waals surface area contributed by atoms with Crippen LogP contribution in [0.25, 0.3) is 10.2 Å². The van der Waals surface area contributed by atoms with Crippen LogP contribution in [0.5, 0.6) is 11.5 Å². The number of nitrogens with zero attached hydrogens (tertiary/aromatic N) is 2. The van der Waals surface area contributed by atoms with Crippen LogP contribution in [0, 0.1) is 0 Å². The van der Waals surface area contributed by atoms with Crippen molar-refractivity contribution in [3.63, 3.8) is 0 Å². The fourth-order valence-electron chi connectivity index (χ4n) is 2.85. The van der Waals surface area contributed by atoms with Crippen molar-refractivity contribution in [1.82, 2.24) is 9.88 Å². The van der Waals surface area contributed by atoms with Gasteiger partial charge in [0.1, 0.15) is 18.2 Å². The van der Waals surface area contributed by atoms with Gasteiger partial charge in [-0.3, -0.25) is 4.79 Å². The third-order valence-corrected chi connectivity index (χ3v) is 5.45. The molecule has 0 unspecified atom stereocenters. The second-order valence-corrected chi connectivity index (χ2v) is 7.63. The summed E-state index contributed by atoms with van der Waals surface area (Å²) in [5.41, 5.74) is 1.77. The lowest BCUT2D eigenvalue weighted by atomic mass is 10.1. The van der Waals surface area contributed by atoms with Gasteiger partial charge in [0.05, 0.1) is 28.2 Å². The van der Waals surface area contributed by atoms with Crippen molar-refractivity contribution >= 4 is 39.1 Å². The van der Waals surface area contributed by atoms with Crippen molar-refractivity contribution in [3.8, 4) is 11.5 Å². The Morgan fingerprint density at radius 3 is 2.92 bits per heavy atom. The molecule has 0 saturated carbocycles. The Morgan fingerprint density at radius 2 is 2.08 bits per heavy atom. The molecule has 0 spiro atoms. The summed E-state index contributed by atoms with van der Waals surface area (Å²) in [7, 11) is 1.79. The lowest BCUT2D eigenvalue weighted by molar-refractivity contribution is -0.129. The third kappa shape index (κ3) is 3.48. The van der Waals surface area contributed by atoms with Crippen LogP contribution in [0.15, 0.2) is 36.4 Å². The first-order chi connectivity index (χ1) is 12.6.